The van der Waals surface area contributed by atoms with Crippen molar-refractivity contribution in [1.82, 2.24) is 5.32 Å². The Kier molecular flexibility index (Phi) is 5.19. The minimum absolute atomic E-state index is 0.0356. The average Bonchev–Trinajstić information content (AvgIpc) is 2.56. The lowest BCUT2D eigenvalue weighted by Gasteiger charge is -2.32. The van der Waals surface area contributed by atoms with Crippen molar-refractivity contribution in [2.45, 2.75) is 71.9 Å². The van der Waals surface area contributed by atoms with Crippen molar-refractivity contribution in [3.05, 3.63) is 0 Å². The summed E-state index contributed by atoms with van der Waals surface area (Å²) in [4.78, 5) is 23.4. The van der Waals surface area contributed by atoms with Crippen LogP contribution in [0.5, 0.6) is 0 Å². The minimum Gasteiger partial charge on any atom is -0.481 e. The van der Waals surface area contributed by atoms with Crippen LogP contribution in [0.2, 0.25) is 0 Å². The van der Waals surface area contributed by atoms with Gasteiger partial charge in [0.2, 0.25) is 5.91 Å². The Balaban J connectivity index is 2.73. The van der Waals surface area contributed by atoms with Gasteiger partial charge in [0.25, 0.3) is 0 Å². The van der Waals surface area contributed by atoms with E-state index in [0.29, 0.717) is 6.42 Å². The van der Waals surface area contributed by atoms with E-state index in [1.807, 2.05) is 27.7 Å². The fraction of sp³-hybridized carbons (Fsp3) is 0.867. The molecule has 1 rings (SSSR count). The van der Waals surface area contributed by atoms with Crippen LogP contribution in [0, 0.1) is 10.8 Å². The SMILES string of the molecule is CC(C)(C)CC(CC(=O)O)NC(=O)C1(C)CCCC1N. The average molecular weight is 284 g/mol. The standard InChI is InChI=1S/C15H28N2O3/c1-14(2,3)9-10(8-12(18)19)17-13(20)15(4)7-5-6-11(15)16/h10-11H,5-9,16H2,1-4H3,(H,17,20)(H,18,19). The second-order valence-corrected chi connectivity index (χ2v) is 7.45. The third-order valence-electron chi connectivity index (χ3n) is 4.16. The number of nitrogens with two attached hydrogens (primary N) is 1. The highest BCUT2D eigenvalue weighted by Gasteiger charge is 2.43. The molecule has 0 bridgehead atoms. The zero-order chi connectivity index (χ0) is 15.6. The van der Waals surface area contributed by atoms with Crippen molar-refractivity contribution >= 4 is 11.9 Å². The van der Waals surface area contributed by atoms with Gasteiger partial charge in [-0.25, -0.2) is 0 Å². The molecule has 5 heteroatoms. The van der Waals surface area contributed by atoms with E-state index in [9.17, 15) is 9.59 Å². The molecule has 0 aliphatic heterocycles. The molecule has 0 aromatic heterocycles. The summed E-state index contributed by atoms with van der Waals surface area (Å²) in [6.07, 6.45) is 3.17. The molecule has 4 N–H and O–H groups in total. The number of carboxylic acid groups (broad SMARTS) is 1. The molecule has 1 amide bonds. The zero-order valence-electron chi connectivity index (χ0n) is 13.0. The second kappa shape index (κ2) is 6.12. The van der Waals surface area contributed by atoms with Crippen LogP contribution in [0.25, 0.3) is 0 Å². The van der Waals surface area contributed by atoms with Crippen LogP contribution in [0.4, 0.5) is 0 Å². The van der Waals surface area contributed by atoms with Crippen molar-refractivity contribution in [1.29, 1.82) is 0 Å². The molecular formula is C15H28N2O3. The van der Waals surface area contributed by atoms with Crippen molar-refractivity contribution in [2.24, 2.45) is 16.6 Å². The number of aliphatic carboxylic acids is 1. The van der Waals surface area contributed by atoms with Crippen LogP contribution in [0.15, 0.2) is 0 Å². The highest BCUT2D eigenvalue weighted by atomic mass is 16.4. The topological polar surface area (TPSA) is 92.4 Å². The molecule has 1 aliphatic rings. The molecule has 0 aromatic rings. The van der Waals surface area contributed by atoms with Gasteiger partial charge in [-0.05, 0) is 31.6 Å². The summed E-state index contributed by atoms with van der Waals surface area (Å²) < 4.78 is 0. The summed E-state index contributed by atoms with van der Waals surface area (Å²) in [5, 5.41) is 11.9. The van der Waals surface area contributed by atoms with Gasteiger partial charge in [0.15, 0.2) is 0 Å². The lowest BCUT2D eigenvalue weighted by atomic mass is 9.82. The lowest BCUT2D eigenvalue weighted by molar-refractivity contribution is -0.138. The molecule has 0 radical (unpaired) electrons. The van der Waals surface area contributed by atoms with Gasteiger partial charge in [-0.2, -0.15) is 0 Å². The van der Waals surface area contributed by atoms with Crippen molar-refractivity contribution < 1.29 is 14.7 Å². The maximum absolute atomic E-state index is 12.5. The Morgan fingerprint density at radius 2 is 2.05 bits per heavy atom. The molecule has 3 atom stereocenters. The minimum atomic E-state index is -0.888. The van der Waals surface area contributed by atoms with E-state index in [2.05, 4.69) is 5.32 Å². The predicted octanol–water partition coefficient (Wildman–Crippen LogP) is 1.90. The van der Waals surface area contributed by atoms with Gasteiger partial charge in [0, 0.05) is 12.1 Å². The molecule has 1 aliphatic carbocycles. The summed E-state index contributed by atoms with van der Waals surface area (Å²) in [6, 6.07) is -0.479. The number of carbonyl (C=O) groups excluding carboxylic acids is 1. The molecule has 20 heavy (non-hydrogen) atoms. The first-order valence-electron chi connectivity index (χ1n) is 7.33. The molecule has 1 saturated carbocycles. The Hall–Kier alpha value is -1.10. The number of hydrogen-bond acceptors (Lipinski definition) is 3. The van der Waals surface area contributed by atoms with Crippen molar-refractivity contribution in [3.63, 3.8) is 0 Å². The Bertz CT molecular complexity index is 376. The first-order chi connectivity index (χ1) is 9.04. The van der Waals surface area contributed by atoms with Crippen LogP contribution in [-0.2, 0) is 9.59 Å². The van der Waals surface area contributed by atoms with Gasteiger partial charge in [-0.1, -0.05) is 27.2 Å². The zero-order valence-corrected chi connectivity index (χ0v) is 13.0. The van der Waals surface area contributed by atoms with Gasteiger partial charge in [-0.15, -0.1) is 0 Å². The van der Waals surface area contributed by atoms with E-state index in [4.69, 9.17) is 10.8 Å². The maximum Gasteiger partial charge on any atom is 0.305 e. The third kappa shape index (κ3) is 4.47. The summed E-state index contributed by atoms with van der Waals surface area (Å²) in [5.74, 6) is -0.988. The molecule has 0 aromatic carbocycles. The highest BCUT2D eigenvalue weighted by molar-refractivity contribution is 5.84. The largest absolute Gasteiger partial charge is 0.481 e. The molecule has 0 saturated heterocycles. The van der Waals surface area contributed by atoms with E-state index < -0.39 is 11.4 Å². The fourth-order valence-corrected chi connectivity index (χ4v) is 2.95. The summed E-state index contributed by atoms with van der Waals surface area (Å²) in [6.45, 7) is 8.00. The van der Waals surface area contributed by atoms with E-state index in [-0.39, 0.29) is 29.8 Å². The first kappa shape index (κ1) is 17.0. The smallest absolute Gasteiger partial charge is 0.305 e. The quantitative estimate of drug-likeness (QED) is 0.719. The predicted molar refractivity (Wildman–Crippen MR) is 78.2 cm³/mol. The molecule has 3 unspecified atom stereocenters. The van der Waals surface area contributed by atoms with E-state index in [1.54, 1.807) is 0 Å². The number of nitrogens with one attached hydrogen (secondary N) is 1. The fourth-order valence-electron chi connectivity index (χ4n) is 2.95. The molecular weight excluding hydrogens is 256 g/mol. The van der Waals surface area contributed by atoms with Crippen LogP contribution in [-0.4, -0.2) is 29.1 Å². The van der Waals surface area contributed by atoms with Gasteiger partial charge >= 0.3 is 5.97 Å². The lowest BCUT2D eigenvalue weighted by Crippen LogP contribution is -2.51. The molecule has 1 fully saturated rings. The Labute approximate surface area is 121 Å². The number of carboxylic acids is 1. The van der Waals surface area contributed by atoms with E-state index in [1.165, 1.54) is 0 Å². The number of carbonyl (C=O) groups is 2. The van der Waals surface area contributed by atoms with Crippen molar-refractivity contribution in [3.8, 4) is 0 Å². The van der Waals surface area contributed by atoms with Gasteiger partial charge in [0.05, 0.1) is 11.8 Å². The molecule has 0 spiro atoms. The summed E-state index contributed by atoms with van der Waals surface area (Å²) in [7, 11) is 0. The summed E-state index contributed by atoms with van der Waals surface area (Å²) in [5.41, 5.74) is 5.44. The molecule has 0 heterocycles. The molecule has 5 nitrogen and oxygen atoms in total. The monoisotopic (exact) mass is 284 g/mol. The van der Waals surface area contributed by atoms with Crippen molar-refractivity contribution in [2.75, 3.05) is 0 Å². The number of hydrogen-bond donors (Lipinski definition) is 3. The van der Waals surface area contributed by atoms with Crippen LogP contribution in [0.1, 0.15) is 59.8 Å². The van der Waals surface area contributed by atoms with Crippen LogP contribution >= 0.6 is 0 Å². The van der Waals surface area contributed by atoms with Gasteiger partial charge in [0.1, 0.15) is 0 Å². The Morgan fingerprint density at radius 3 is 2.45 bits per heavy atom. The van der Waals surface area contributed by atoms with Crippen LogP contribution in [0.3, 0.4) is 0 Å². The van der Waals surface area contributed by atoms with E-state index >= 15 is 0 Å². The van der Waals surface area contributed by atoms with Gasteiger partial charge < -0.3 is 16.2 Å². The maximum atomic E-state index is 12.5. The molecule has 116 valence electrons. The third-order valence-corrected chi connectivity index (χ3v) is 4.16. The normalized spacial score (nSPS) is 28.1. The Morgan fingerprint density at radius 1 is 1.45 bits per heavy atom. The van der Waals surface area contributed by atoms with Crippen LogP contribution < -0.4 is 11.1 Å². The number of amides is 1. The van der Waals surface area contributed by atoms with Gasteiger partial charge in [-0.3, -0.25) is 9.59 Å². The first-order valence-corrected chi connectivity index (χ1v) is 7.33. The van der Waals surface area contributed by atoms with E-state index in [0.717, 1.165) is 19.3 Å². The highest BCUT2D eigenvalue weighted by Crippen LogP contribution is 2.37. The number of rotatable bonds is 5. The summed E-state index contributed by atoms with van der Waals surface area (Å²) >= 11 is 0. The second-order valence-electron chi connectivity index (χ2n) is 7.45.